The molecule has 110 valence electrons. The minimum absolute atomic E-state index is 1.09. The first-order valence-corrected chi connectivity index (χ1v) is 7.57. The van der Waals surface area contributed by atoms with Crippen LogP contribution in [0, 0.1) is 0 Å². The average Bonchev–Trinajstić information content (AvgIpc) is 2.52. The topological polar surface area (TPSA) is 0 Å². The average molecular weight is 286 g/mol. The fourth-order valence-electron chi connectivity index (χ4n) is 2.27. The van der Waals surface area contributed by atoms with Gasteiger partial charge in [-0.1, -0.05) is 60.7 Å². The largest absolute Gasteiger partial charge is 0.112 e. The zero-order valence-corrected chi connectivity index (χ0v) is 13.8. The number of benzene rings is 2. The molecule has 0 saturated heterocycles. The Morgan fingerprint density at radius 1 is 0.545 bits per heavy atom. The first-order chi connectivity index (χ1) is 10.6. The highest BCUT2D eigenvalue weighted by Gasteiger charge is 2.10. The van der Waals surface area contributed by atoms with E-state index >= 15 is 0 Å². The molecule has 0 unspecified atom stereocenters. The summed E-state index contributed by atoms with van der Waals surface area (Å²) in [6.45, 7) is 8.31. The molecule has 0 amide bonds. The predicted molar refractivity (Wildman–Crippen MR) is 96.4 cm³/mol. The van der Waals surface area contributed by atoms with E-state index in [4.69, 9.17) is 0 Å². The number of hydrogen-bond acceptors (Lipinski definition) is 0. The maximum Gasteiger partial charge on any atom is 0.0392 e. The summed E-state index contributed by atoms with van der Waals surface area (Å²) in [7, 11) is 0. The van der Waals surface area contributed by atoms with Crippen molar-refractivity contribution in [2.24, 2.45) is 0 Å². The van der Waals surface area contributed by atoms with Crippen LogP contribution in [-0.4, -0.2) is 0 Å². The standard InChI is InChI=1S/C22H22/c1-17(2)15-21(19-11-7-5-8-12-19)22(16-18(3)4)20-13-9-6-10-14-20/h5-14H,1-4H3. The highest BCUT2D eigenvalue weighted by molar-refractivity contribution is 6.04. The normalized spacial score (nSPS) is 9.45. The lowest BCUT2D eigenvalue weighted by atomic mass is 9.92. The van der Waals surface area contributed by atoms with Crippen LogP contribution in [0.25, 0.3) is 11.1 Å². The number of allylic oxidation sites excluding steroid dienone is 2. The van der Waals surface area contributed by atoms with Crippen molar-refractivity contribution >= 4 is 11.1 Å². The van der Waals surface area contributed by atoms with E-state index in [1.807, 2.05) is 12.1 Å². The van der Waals surface area contributed by atoms with Crippen molar-refractivity contribution in [3.63, 3.8) is 0 Å². The monoisotopic (exact) mass is 286 g/mol. The second-order valence-electron chi connectivity index (χ2n) is 5.73. The Labute approximate surface area is 133 Å². The first kappa shape index (κ1) is 15.9. The summed E-state index contributed by atoms with van der Waals surface area (Å²) >= 11 is 0. The van der Waals surface area contributed by atoms with Crippen molar-refractivity contribution < 1.29 is 0 Å². The quantitative estimate of drug-likeness (QED) is 0.460. The van der Waals surface area contributed by atoms with Crippen LogP contribution in [-0.2, 0) is 0 Å². The molecule has 2 rings (SSSR count). The predicted octanol–water partition coefficient (Wildman–Crippen LogP) is 6.28. The SMILES string of the molecule is CC(C)=C=C(C(=C=C(C)C)c1ccccc1)c1ccccc1. The molecular formula is C22H22. The zero-order valence-electron chi connectivity index (χ0n) is 13.8. The molecule has 0 aliphatic rings. The second kappa shape index (κ2) is 7.48. The lowest BCUT2D eigenvalue weighted by Gasteiger charge is -2.10. The van der Waals surface area contributed by atoms with Crippen molar-refractivity contribution in [1.29, 1.82) is 0 Å². The van der Waals surface area contributed by atoms with E-state index < -0.39 is 0 Å². The highest BCUT2D eigenvalue weighted by atomic mass is 14.1. The summed E-state index contributed by atoms with van der Waals surface area (Å²) in [5.74, 6) is 0. The lowest BCUT2D eigenvalue weighted by molar-refractivity contribution is 1.40. The maximum absolute atomic E-state index is 3.52. The van der Waals surface area contributed by atoms with Crippen molar-refractivity contribution in [3.8, 4) is 0 Å². The van der Waals surface area contributed by atoms with Gasteiger partial charge >= 0.3 is 0 Å². The molecule has 0 fully saturated rings. The fraction of sp³-hybridized carbons (Fsp3) is 0.182. The molecule has 0 bridgehead atoms. The molecule has 0 aliphatic heterocycles. The molecule has 0 radical (unpaired) electrons. The van der Waals surface area contributed by atoms with Gasteiger partial charge in [0.25, 0.3) is 0 Å². The molecule has 0 heteroatoms. The van der Waals surface area contributed by atoms with E-state index in [9.17, 15) is 0 Å². The molecule has 0 saturated carbocycles. The van der Waals surface area contributed by atoms with Crippen LogP contribution in [0.3, 0.4) is 0 Å². The van der Waals surface area contributed by atoms with Gasteiger partial charge in [-0.2, -0.15) is 0 Å². The zero-order chi connectivity index (χ0) is 15.9. The Bertz CT molecular complexity index is 684. The van der Waals surface area contributed by atoms with Gasteiger partial charge in [-0.3, -0.25) is 0 Å². The molecule has 22 heavy (non-hydrogen) atoms. The Kier molecular flexibility index (Phi) is 5.39. The molecule has 0 aliphatic carbocycles. The minimum Gasteiger partial charge on any atom is -0.112 e. The first-order valence-electron chi connectivity index (χ1n) is 7.57. The number of rotatable bonds is 3. The van der Waals surface area contributed by atoms with Gasteiger partial charge in [0.1, 0.15) is 0 Å². The van der Waals surface area contributed by atoms with Crippen molar-refractivity contribution in [1.82, 2.24) is 0 Å². The second-order valence-corrected chi connectivity index (χ2v) is 5.73. The maximum atomic E-state index is 3.52. The lowest BCUT2D eigenvalue weighted by Crippen LogP contribution is -1.89. The van der Waals surface area contributed by atoms with Gasteiger partial charge in [0, 0.05) is 11.1 Å². The molecule has 2 aromatic rings. The van der Waals surface area contributed by atoms with Crippen LogP contribution in [0.1, 0.15) is 38.8 Å². The summed E-state index contributed by atoms with van der Waals surface area (Å²) in [6, 6.07) is 20.8. The van der Waals surface area contributed by atoms with E-state index in [1.165, 1.54) is 0 Å². The Balaban J connectivity index is 2.79. The van der Waals surface area contributed by atoms with Gasteiger partial charge in [-0.15, -0.1) is 11.5 Å². The minimum atomic E-state index is 1.09. The van der Waals surface area contributed by atoms with Crippen molar-refractivity contribution in [2.75, 3.05) is 0 Å². The molecule has 0 atom stereocenters. The summed E-state index contributed by atoms with van der Waals surface area (Å²) in [5, 5.41) is 0. The van der Waals surface area contributed by atoms with Gasteiger partial charge in [0.05, 0.1) is 0 Å². The third-order valence-electron chi connectivity index (χ3n) is 3.12. The summed E-state index contributed by atoms with van der Waals surface area (Å²) in [4.78, 5) is 0. The molecular weight excluding hydrogens is 264 g/mol. The van der Waals surface area contributed by atoms with Crippen molar-refractivity contribution in [2.45, 2.75) is 27.7 Å². The Morgan fingerprint density at radius 2 is 0.864 bits per heavy atom. The van der Waals surface area contributed by atoms with E-state index in [2.05, 4.69) is 87.7 Å². The van der Waals surface area contributed by atoms with Crippen LogP contribution >= 0.6 is 0 Å². The van der Waals surface area contributed by atoms with Gasteiger partial charge in [-0.05, 0) is 50.0 Å². The fourth-order valence-corrected chi connectivity index (χ4v) is 2.27. The van der Waals surface area contributed by atoms with Crippen LogP contribution in [0.5, 0.6) is 0 Å². The van der Waals surface area contributed by atoms with Gasteiger partial charge in [0.2, 0.25) is 0 Å². The third-order valence-corrected chi connectivity index (χ3v) is 3.12. The molecule has 0 spiro atoms. The molecule has 0 aromatic heterocycles. The number of hydrogen-bond donors (Lipinski definition) is 0. The third kappa shape index (κ3) is 4.24. The Morgan fingerprint density at radius 3 is 1.14 bits per heavy atom. The molecule has 0 N–H and O–H groups in total. The summed E-state index contributed by atoms with van der Waals surface area (Å²) in [5.41, 5.74) is 13.9. The van der Waals surface area contributed by atoms with E-state index in [0.29, 0.717) is 0 Å². The van der Waals surface area contributed by atoms with Crippen LogP contribution < -0.4 is 0 Å². The molecule has 0 nitrogen and oxygen atoms in total. The van der Waals surface area contributed by atoms with E-state index in [0.717, 1.165) is 33.4 Å². The summed E-state index contributed by atoms with van der Waals surface area (Å²) < 4.78 is 0. The van der Waals surface area contributed by atoms with Gasteiger partial charge < -0.3 is 0 Å². The van der Waals surface area contributed by atoms with Crippen LogP contribution in [0.4, 0.5) is 0 Å². The molecule has 2 aromatic carbocycles. The Hall–Kier alpha value is -2.52. The highest BCUT2D eigenvalue weighted by Crippen LogP contribution is 2.30. The van der Waals surface area contributed by atoms with E-state index in [-0.39, 0.29) is 0 Å². The molecule has 0 heterocycles. The van der Waals surface area contributed by atoms with Gasteiger partial charge in [-0.25, -0.2) is 0 Å². The summed E-state index contributed by atoms with van der Waals surface area (Å²) in [6.07, 6.45) is 0. The van der Waals surface area contributed by atoms with Crippen LogP contribution in [0.2, 0.25) is 0 Å². The van der Waals surface area contributed by atoms with Crippen LogP contribution in [0.15, 0.2) is 83.3 Å². The van der Waals surface area contributed by atoms with E-state index in [1.54, 1.807) is 0 Å². The van der Waals surface area contributed by atoms with Gasteiger partial charge in [0.15, 0.2) is 0 Å². The smallest absolute Gasteiger partial charge is 0.0392 e. The van der Waals surface area contributed by atoms with Crippen molar-refractivity contribution in [3.05, 3.63) is 94.4 Å².